The first-order valence-electron chi connectivity index (χ1n) is 6.95. The molecule has 2 aromatic rings. The van der Waals surface area contributed by atoms with E-state index in [4.69, 9.17) is 21.1 Å². The molecule has 0 heterocycles. The molecule has 22 heavy (non-hydrogen) atoms. The molecule has 0 saturated heterocycles. The Labute approximate surface area is 144 Å². The molecule has 5 heteroatoms. The first-order valence-corrected chi connectivity index (χ1v) is 8.12. The molecule has 0 fully saturated rings. The second-order valence-corrected chi connectivity index (χ2v) is 6.10. The number of nitrogens with one attached hydrogen (secondary N) is 1. The van der Waals surface area contributed by atoms with Crippen LogP contribution in [0.3, 0.4) is 0 Å². The van der Waals surface area contributed by atoms with Crippen molar-refractivity contribution in [3.63, 3.8) is 0 Å². The number of benzene rings is 2. The van der Waals surface area contributed by atoms with Crippen LogP contribution in [0.1, 0.15) is 24.1 Å². The lowest BCUT2D eigenvalue weighted by atomic mass is 10.1. The van der Waals surface area contributed by atoms with E-state index in [1.54, 1.807) is 14.2 Å². The fraction of sp³-hybridized carbons (Fsp3) is 0.294. The number of methoxy groups -OCH3 is 2. The smallest absolute Gasteiger partial charge is 0.175 e. The van der Waals surface area contributed by atoms with Crippen molar-refractivity contribution >= 4 is 27.5 Å². The Kier molecular flexibility index (Phi) is 6.12. The van der Waals surface area contributed by atoms with Gasteiger partial charge in [-0.3, -0.25) is 0 Å². The van der Waals surface area contributed by atoms with Gasteiger partial charge in [0.05, 0.1) is 18.7 Å². The Morgan fingerprint density at radius 3 is 2.50 bits per heavy atom. The summed E-state index contributed by atoms with van der Waals surface area (Å²) in [6, 6.07) is 11.9. The first kappa shape index (κ1) is 17.1. The second kappa shape index (κ2) is 7.86. The van der Waals surface area contributed by atoms with Crippen molar-refractivity contribution in [2.24, 2.45) is 0 Å². The van der Waals surface area contributed by atoms with Crippen molar-refractivity contribution in [2.45, 2.75) is 19.5 Å². The highest BCUT2D eigenvalue weighted by atomic mass is 79.9. The van der Waals surface area contributed by atoms with E-state index in [2.05, 4.69) is 28.2 Å². The fourth-order valence-electron chi connectivity index (χ4n) is 2.27. The number of halogens is 2. The Morgan fingerprint density at radius 1 is 1.14 bits per heavy atom. The van der Waals surface area contributed by atoms with Crippen LogP contribution >= 0.6 is 27.5 Å². The molecule has 0 aliphatic heterocycles. The van der Waals surface area contributed by atoms with Crippen LogP contribution in [0.2, 0.25) is 5.02 Å². The van der Waals surface area contributed by atoms with E-state index in [-0.39, 0.29) is 6.04 Å². The van der Waals surface area contributed by atoms with Crippen LogP contribution in [0, 0.1) is 0 Å². The summed E-state index contributed by atoms with van der Waals surface area (Å²) in [4.78, 5) is 0. The summed E-state index contributed by atoms with van der Waals surface area (Å²) in [6.45, 7) is 2.78. The number of ether oxygens (including phenoxy) is 2. The standard InChI is InChI=1S/C17H19BrClNO2/c1-11(13-6-4-5-7-14(13)19)20-10-12-8-9-15(21-2)17(22-3)16(12)18/h4-9,11,20H,10H2,1-3H3. The Balaban J connectivity index is 2.13. The van der Waals surface area contributed by atoms with Gasteiger partial charge >= 0.3 is 0 Å². The second-order valence-electron chi connectivity index (χ2n) is 4.90. The lowest BCUT2D eigenvalue weighted by Crippen LogP contribution is -2.18. The van der Waals surface area contributed by atoms with E-state index in [1.165, 1.54) is 0 Å². The van der Waals surface area contributed by atoms with E-state index >= 15 is 0 Å². The Morgan fingerprint density at radius 2 is 1.86 bits per heavy atom. The lowest BCUT2D eigenvalue weighted by Gasteiger charge is -2.18. The van der Waals surface area contributed by atoms with Crippen LogP contribution in [0.25, 0.3) is 0 Å². The van der Waals surface area contributed by atoms with Crippen LogP contribution in [0.15, 0.2) is 40.9 Å². The highest BCUT2D eigenvalue weighted by Crippen LogP contribution is 2.37. The highest BCUT2D eigenvalue weighted by Gasteiger charge is 2.14. The topological polar surface area (TPSA) is 30.5 Å². The third kappa shape index (κ3) is 3.75. The molecule has 0 radical (unpaired) electrons. The van der Waals surface area contributed by atoms with Gasteiger partial charge in [0.15, 0.2) is 11.5 Å². The third-order valence-corrected chi connectivity index (χ3v) is 4.75. The van der Waals surface area contributed by atoms with Crippen molar-refractivity contribution in [2.75, 3.05) is 14.2 Å². The molecule has 1 unspecified atom stereocenters. The van der Waals surface area contributed by atoms with E-state index in [0.717, 1.165) is 20.6 Å². The van der Waals surface area contributed by atoms with Gasteiger partial charge in [0, 0.05) is 17.6 Å². The Bertz CT molecular complexity index is 649. The predicted molar refractivity (Wildman–Crippen MR) is 94.0 cm³/mol. The van der Waals surface area contributed by atoms with Gasteiger partial charge in [0.2, 0.25) is 0 Å². The molecule has 118 valence electrons. The van der Waals surface area contributed by atoms with Crippen molar-refractivity contribution in [3.05, 3.63) is 57.0 Å². The maximum Gasteiger partial charge on any atom is 0.175 e. The van der Waals surface area contributed by atoms with Crippen molar-refractivity contribution in [3.8, 4) is 11.5 Å². The van der Waals surface area contributed by atoms with Crippen LogP contribution in [-0.4, -0.2) is 14.2 Å². The summed E-state index contributed by atoms with van der Waals surface area (Å²) >= 11 is 9.82. The molecule has 0 aliphatic rings. The lowest BCUT2D eigenvalue weighted by molar-refractivity contribution is 0.352. The molecule has 2 rings (SSSR count). The summed E-state index contributed by atoms with van der Waals surface area (Å²) in [6.07, 6.45) is 0. The molecule has 0 amide bonds. The van der Waals surface area contributed by atoms with Crippen LogP contribution in [0.5, 0.6) is 11.5 Å². The van der Waals surface area contributed by atoms with Gasteiger partial charge < -0.3 is 14.8 Å². The first-order chi connectivity index (χ1) is 10.6. The number of hydrogen-bond donors (Lipinski definition) is 1. The number of rotatable bonds is 6. The molecule has 2 aromatic carbocycles. The van der Waals surface area contributed by atoms with Gasteiger partial charge in [-0.1, -0.05) is 35.9 Å². The molecule has 0 aliphatic carbocycles. The summed E-state index contributed by atoms with van der Waals surface area (Å²) in [5, 5.41) is 4.25. The minimum atomic E-state index is 0.147. The van der Waals surface area contributed by atoms with Crippen molar-refractivity contribution < 1.29 is 9.47 Å². The van der Waals surface area contributed by atoms with Crippen molar-refractivity contribution in [1.82, 2.24) is 5.32 Å². The highest BCUT2D eigenvalue weighted by molar-refractivity contribution is 9.10. The normalized spacial score (nSPS) is 12.0. The molecule has 0 spiro atoms. The number of hydrogen-bond acceptors (Lipinski definition) is 3. The molecular weight excluding hydrogens is 366 g/mol. The quantitative estimate of drug-likeness (QED) is 0.762. The minimum Gasteiger partial charge on any atom is -0.493 e. The zero-order chi connectivity index (χ0) is 16.1. The predicted octanol–water partition coefficient (Wildman–Crippen LogP) is 4.97. The maximum absolute atomic E-state index is 6.23. The fourth-order valence-corrected chi connectivity index (χ4v) is 3.19. The SMILES string of the molecule is COc1ccc(CNC(C)c2ccccc2Cl)c(Br)c1OC. The molecule has 1 N–H and O–H groups in total. The van der Waals surface area contributed by atoms with Crippen LogP contribution in [0.4, 0.5) is 0 Å². The summed E-state index contributed by atoms with van der Waals surface area (Å²) in [5.41, 5.74) is 2.18. The molecule has 0 aromatic heterocycles. The molecule has 0 saturated carbocycles. The maximum atomic E-state index is 6.23. The van der Waals surface area contributed by atoms with Gasteiger partial charge in [-0.05, 0) is 46.1 Å². The van der Waals surface area contributed by atoms with Gasteiger partial charge in [-0.2, -0.15) is 0 Å². The summed E-state index contributed by atoms with van der Waals surface area (Å²) < 4.78 is 11.6. The van der Waals surface area contributed by atoms with Gasteiger partial charge in [-0.15, -0.1) is 0 Å². The summed E-state index contributed by atoms with van der Waals surface area (Å²) in [5.74, 6) is 1.41. The minimum absolute atomic E-state index is 0.147. The average Bonchev–Trinajstić information content (AvgIpc) is 2.53. The third-order valence-electron chi connectivity index (χ3n) is 3.54. The van der Waals surface area contributed by atoms with Gasteiger partial charge in [-0.25, -0.2) is 0 Å². The van der Waals surface area contributed by atoms with Crippen LogP contribution in [-0.2, 0) is 6.54 Å². The Hall–Kier alpha value is -1.23. The molecule has 0 bridgehead atoms. The van der Waals surface area contributed by atoms with E-state index < -0.39 is 0 Å². The average molecular weight is 385 g/mol. The van der Waals surface area contributed by atoms with Gasteiger partial charge in [0.1, 0.15) is 0 Å². The van der Waals surface area contributed by atoms with Crippen LogP contribution < -0.4 is 14.8 Å². The largest absolute Gasteiger partial charge is 0.493 e. The van der Waals surface area contributed by atoms with E-state index in [1.807, 2.05) is 36.4 Å². The molecule has 1 atom stereocenters. The monoisotopic (exact) mass is 383 g/mol. The van der Waals surface area contributed by atoms with E-state index in [0.29, 0.717) is 18.0 Å². The van der Waals surface area contributed by atoms with Crippen molar-refractivity contribution in [1.29, 1.82) is 0 Å². The molecular formula is C17H19BrClNO2. The molecule has 3 nitrogen and oxygen atoms in total. The van der Waals surface area contributed by atoms with E-state index in [9.17, 15) is 0 Å². The summed E-state index contributed by atoms with van der Waals surface area (Å²) in [7, 11) is 3.26. The zero-order valence-electron chi connectivity index (χ0n) is 12.8. The zero-order valence-corrected chi connectivity index (χ0v) is 15.2. The van der Waals surface area contributed by atoms with Gasteiger partial charge in [0.25, 0.3) is 0 Å².